The largest absolute Gasteiger partial charge is 0.0622 e. The van der Waals surface area contributed by atoms with Crippen molar-refractivity contribution in [2.24, 2.45) is 23.7 Å². The van der Waals surface area contributed by atoms with E-state index in [4.69, 9.17) is 0 Å². The summed E-state index contributed by atoms with van der Waals surface area (Å²) in [6.07, 6.45) is 0. The molecule has 0 aromatic heterocycles. The van der Waals surface area contributed by atoms with Gasteiger partial charge >= 0.3 is 0 Å². The van der Waals surface area contributed by atoms with Crippen LogP contribution < -0.4 is 0 Å². The minimum Gasteiger partial charge on any atom is -0.0622 e. The van der Waals surface area contributed by atoms with Crippen LogP contribution in [0.4, 0.5) is 0 Å². The molecular formula is C46H34. The van der Waals surface area contributed by atoms with Crippen LogP contribution in [0.2, 0.25) is 0 Å². The molecule has 0 aliphatic heterocycles. The van der Waals surface area contributed by atoms with Crippen molar-refractivity contribution in [2.75, 3.05) is 0 Å². The van der Waals surface area contributed by atoms with Crippen LogP contribution in [0, 0.1) is 23.7 Å². The third kappa shape index (κ3) is 4.29. The van der Waals surface area contributed by atoms with Crippen LogP contribution in [0.5, 0.6) is 0 Å². The third-order valence-electron chi connectivity index (χ3n) is 10.3. The van der Waals surface area contributed by atoms with Gasteiger partial charge in [-0.2, -0.15) is 0 Å². The van der Waals surface area contributed by atoms with Crippen molar-refractivity contribution in [2.45, 2.75) is 0 Å². The molecule has 0 saturated heterocycles. The van der Waals surface area contributed by atoms with Crippen LogP contribution in [0.3, 0.4) is 0 Å². The fraction of sp³-hybridized carbons (Fsp3) is 0.0870. The van der Waals surface area contributed by atoms with Crippen LogP contribution in [-0.4, -0.2) is 0 Å². The maximum Gasteiger partial charge on any atom is 0.0366 e. The Morgan fingerprint density at radius 2 is 0.370 bits per heavy atom. The van der Waals surface area contributed by atoms with E-state index in [0.29, 0.717) is 17.8 Å². The van der Waals surface area contributed by atoms with Gasteiger partial charge in [-0.3, -0.25) is 0 Å². The second kappa shape index (κ2) is 11.2. The van der Waals surface area contributed by atoms with Gasteiger partial charge in [-0.05, 0) is 84.6 Å². The molecule has 46 heavy (non-hydrogen) atoms. The number of rotatable bonds is 6. The summed E-state index contributed by atoms with van der Waals surface area (Å²) in [6, 6.07) is 67.5. The van der Waals surface area contributed by atoms with Crippen molar-refractivity contribution in [1.82, 2.24) is 0 Å². The van der Waals surface area contributed by atoms with E-state index < -0.39 is 0 Å². The van der Waals surface area contributed by atoms with Crippen molar-refractivity contribution in [3.63, 3.8) is 0 Å². The predicted octanol–water partition coefficient (Wildman–Crippen LogP) is 11.3. The van der Waals surface area contributed by atoms with Gasteiger partial charge in [0.25, 0.3) is 0 Å². The summed E-state index contributed by atoms with van der Waals surface area (Å²) in [6.45, 7) is 0. The monoisotopic (exact) mass is 586 g/mol. The Hall–Kier alpha value is -5.46. The summed E-state index contributed by atoms with van der Waals surface area (Å²) in [5.74, 6) is 1.08. The summed E-state index contributed by atoms with van der Waals surface area (Å²) in [5.41, 5.74) is 16.8. The zero-order valence-electron chi connectivity index (χ0n) is 25.6. The number of allylic oxidation sites excluding steroid dienone is 6. The van der Waals surface area contributed by atoms with Gasteiger partial charge < -0.3 is 0 Å². The quantitative estimate of drug-likeness (QED) is 0.182. The van der Waals surface area contributed by atoms with Crippen LogP contribution in [0.15, 0.2) is 182 Å². The number of hydrogen-bond donors (Lipinski definition) is 0. The highest BCUT2D eigenvalue weighted by Gasteiger charge is 2.62. The highest BCUT2D eigenvalue weighted by atomic mass is 14.6. The normalized spacial score (nSPS) is 21.7. The molecule has 0 heterocycles. The Kier molecular flexibility index (Phi) is 6.53. The molecule has 6 aromatic carbocycles. The topological polar surface area (TPSA) is 0 Å². The zero-order chi connectivity index (χ0) is 30.5. The van der Waals surface area contributed by atoms with Gasteiger partial charge in [0.2, 0.25) is 0 Å². The van der Waals surface area contributed by atoms with E-state index in [1.54, 1.807) is 0 Å². The Labute approximate surface area is 271 Å². The summed E-state index contributed by atoms with van der Waals surface area (Å²) < 4.78 is 0. The molecule has 0 nitrogen and oxygen atoms in total. The molecule has 0 amide bonds. The van der Waals surface area contributed by atoms with Gasteiger partial charge in [0.1, 0.15) is 0 Å². The minimum absolute atomic E-state index is 0.0211. The Morgan fingerprint density at radius 1 is 0.196 bits per heavy atom. The molecule has 1 saturated carbocycles. The minimum atomic E-state index is 0.0211. The van der Waals surface area contributed by atoms with E-state index in [0.717, 1.165) is 0 Å². The van der Waals surface area contributed by atoms with Crippen LogP contribution >= 0.6 is 0 Å². The lowest BCUT2D eigenvalue weighted by molar-refractivity contribution is 1.04. The summed E-state index contributed by atoms with van der Waals surface area (Å²) in [7, 11) is 0. The van der Waals surface area contributed by atoms with Gasteiger partial charge in [-0.15, -0.1) is 0 Å². The van der Waals surface area contributed by atoms with Crippen LogP contribution in [0.25, 0.3) is 33.4 Å². The Balaban J connectivity index is 1.49. The van der Waals surface area contributed by atoms with Crippen molar-refractivity contribution in [3.05, 3.63) is 215 Å². The zero-order valence-corrected chi connectivity index (χ0v) is 25.6. The molecule has 0 radical (unpaired) electrons. The molecule has 4 bridgehead atoms. The average molecular weight is 587 g/mol. The first-order valence-corrected chi connectivity index (χ1v) is 16.4. The molecule has 1 fully saturated rings. The predicted molar refractivity (Wildman–Crippen MR) is 193 cm³/mol. The molecular weight excluding hydrogens is 553 g/mol. The first kappa shape index (κ1) is 26.9. The smallest absolute Gasteiger partial charge is 0.0366 e. The third-order valence-corrected chi connectivity index (χ3v) is 10.3. The van der Waals surface area contributed by atoms with E-state index >= 15 is 0 Å². The molecule has 0 N–H and O–H groups in total. The maximum atomic E-state index is 2.34. The maximum absolute atomic E-state index is 2.34. The number of benzene rings is 6. The summed E-state index contributed by atoms with van der Waals surface area (Å²) in [5, 5.41) is 0. The SMILES string of the molecule is c1ccc(C2=C(c3ccccc3)C3C4C(c5ccccc5)=C(c5ccccc5)C2C(c2ccccc2)=C(c2ccccc2)C34)cc1. The Bertz CT molecular complexity index is 1850. The molecule has 4 aliphatic rings. The second-order valence-electron chi connectivity index (χ2n) is 12.7. The van der Waals surface area contributed by atoms with E-state index in [9.17, 15) is 0 Å². The van der Waals surface area contributed by atoms with Crippen molar-refractivity contribution in [3.8, 4) is 0 Å². The van der Waals surface area contributed by atoms with Gasteiger partial charge in [-0.1, -0.05) is 182 Å². The lowest BCUT2D eigenvalue weighted by Crippen LogP contribution is -2.12. The molecule has 0 unspecified atom stereocenters. The van der Waals surface area contributed by atoms with Crippen molar-refractivity contribution >= 4 is 33.4 Å². The lowest BCUT2D eigenvalue weighted by Gasteiger charge is -2.30. The highest BCUT2D eigenvalue weighted by Crippen LogP contribution is 2.74. The molecule has 10 rings (SSSR count). The van der Waals surface area contributed by atoms with E-state index in [-0.39, 0.29) is 5.92 Å². The van der Waals surface area contributed by atoms with Crippen molar-refractivity contribution in [1.29, 1.82) is 0 Å². The fourth-order valence-corrected chi connectivity index (χ4v) is 8.54. The molecule has 0 spiro atoms. The Morgan fingerprint density at radius 3 is 0.565 bits per heavy atom. The van der Waals surface area contributed by atoms with Crippen molar-refractivity contribution < 1.29 is 0 Å². The lowest BCUT2D eigenvalue weighted by atomic mass is 9.72. The molecule has 4 aliphatic carbocycles. The average Bonchev–Trinajstić information content (AvgIpc) is 3.91. The first-order chi connectivity index (χ1) is 22.9. The van der Waals surface area contributed by atoms with E-state index in [1.807, 2.05) is 0 Å². The van der Waals surface area contributed by atoms with Gasteiger partial charge in [0.15, 0.2) is 0 Å². The molecule has 0 atom stereocenters. The summed E-state index contributed by atoms with van der Waals surface area (Å²) >= 11 is 0. The number of hydrogen-bond acceptors (Lipinski definition) is 0. The molecule has 6 aromatic rings. The van der Waals surface area contributed by atoms with Gasteiger partial charge in [-0.25, -0.2) is 0 Å². The van der Waals surface area contributed by atoms with E-state index in [1.165, 1.54) is 66.8 Å². The first-order valence-electron chi connectivity index (χ1n) is 16.4. The van der Waals surface area contributed by atoms with Crippen LogP contribution in [-0.2, 0) is 0 Å². The van der Waals surface area contributed by atoms with Gasteiger partial charge in [0.05, 0.1) is 0 Å². The van der Waals surface area contributed by atoms with Gasteiger partial charge in [0, 0.05) is 5.92 Å². The second-order valence-corrected chi connectivity index (χ2v) is 12.7. The van der Waals surface area contributed by atoms with E-state index in [2.05, 4.69) is 182 Å². The summed E-state index contributed by atoms with van der Waals surface area (Å²) in [4.78, 5) is 0. The highest BCUT2D eigenvalue weighted by molar-refractivity contribution is 6.19. The fourth-order valence-electron chi connectivity index (χ4n) is 8.54. The molecule has 218 valence electrons. The molecule has 0 heteroatoms. The van der Waals surface area contributed by atoms with Crippen LogP contribution in [0.1, 0.15) is 33.4 Å². The standard InChI is InChI=1S/C46H34/c1-7-19-31(20-8-1)37-40(34-25-13-4-14-26-34)44-45-41(35-27-15-5-16-28-35)38(32-21-9-2-10-22-32)43(37)39(33-23-11-3-12-24-33)42(46(44)45)36-29-17-6-18-30-36/h1-30,43-46H.